The molecule has 1 atom stereocenters. The summed E-state index contributed by atoms with van der Waals surface area (Å²) in [5.74, 6) is -1.77. The number of hydrogen-bond acceptors (Lipinski definition) is 4. The fourth-order valence-corrected chi connectivity index (χ4v) is 2.78. The van der Waals surface area contributed by atoms with Crippen LogP contribution >= 0.6 is 15.9 Å². The van der Waals surface area contributed by atoms with E-state index >= 15 is 0 Å². The topological polar surface area (TPSA) is 64.6 Å². The highest BCUT2D eigenvalue weighted by Gasteiger charge is 2.23. The van der Waals surface area contributed by atoms with E-state index in [1.165, 1.54) is 24.3 Å². The number of ether oxygens (including phenoxy) is 2. The lowest BCUT2D eigenvalue weighted by Crippen LogP contribution is -2.26. The van der Waals surface area contributed by atoms with E-state index in [0.717, 1.165) is 6.42 Å². The summed E-state index contributed by atoms with van der Waals surface area (Å²) in [4.78, 5) is 24.3. The molecule has 5 nitrogen and oxygen atoms in total. The summed E-state index contributed by atoms with van der Waals surface area (Å²) in [5, 5.41) is 2.71. The largest absolute Gasteiger partial charge is 0.420 e. The number of amides is 1. The van der Waals surface area contributed by atoms with Crippen molar-refractivity contribution < 1.29 is 23.5 Å². The van der Waals surface area contributed by atoms with E-state index in [0.29, 0.717) is 23.2 Å². The van der Waals surface area contributed by atoms with Crippen molar-refractivity contribution in [2.24, 2.45) is 0 Å². The van der Waals surface area contributed by atoms with E-state index in [1.54, 1.807) is 18.2 Å². The van der Waals surface area contributed by atoms with E-state index in [9.17, 15) is 14.0 Å². The van der Waals surface area contributed by atoms with Gasteiger partial charge in [0.15, 0.2) is 11.6 Å². The Labute approximate surface area is 152 Å². The second-order valence-electron chi connectivity index (χ2n) is 5.54. The van der Waals surface area contributed by atoms with Crippen molar-refractivity contribution in [2.75, 3.05) is 11.9 Å². The third-order valence-electron chi connectivity index (χ3n) is 3.68. The molecule has 1 aliphatic heterocycles. The minimum atomic E-state index is -0.713. The minimum Gasteiger partial charge on any atom is -0.420 e. The molecule has 1 amide bonds. The summed E-state index contributed by atoms with van der Waals surface area (Å²) in [6.45, 7) is 0.573. The third kappa shape index (κ3) is 4.43. The monoisotopic (exact) mass is 407 g/mol. The summed E-state index contributed by atoms with van der Waals surface area (Å²) < 4.78 is 24.7. The number of hydrogen-bond donors (Lipinski definition) is 1. The van der Waals surface area contributed by atoms with Crippen LogP contribution in [0, 0.1) is 5.82 Å². The van der Waals surface area contributed by atoms with Crippen LogP contribution in [0.1, 0.15) is 23.2 Å². The molecule has 1 unspecified atom stereocenters. The van der Waals surface area contributed by atoms with E-state index in [2.05, 4.69) is 21.2 Å². The molecule has 7 heteroatoms. The van der Waals surface area contributed by atoms with E-state index < -0.39 is 17.9 Å². The number of halogens is 2. The molecule has 2 aromatic carbocycles. The molecule has 1 heterocycles. The first kappa shape index (κ1) is 17.6. The van der Waals surface area contributed by atoms with Crippen LogP contribution in [0.4, 0.5) is 10.1 Å². The lowest BCUT2D eigenvalue weighted by Gasteiger charge is -2.11. The normalized spacial score (nSPS) is 16.5. The zero-order valence-corrected chi connectivity index (χ0v) is 14.7. The Hall–Kier alpha value is -2.25. The van der Waals surface area contributed by atoms with Gasteiger partial charge >= 0.3 is 5.97 Å². The Morgan fingerprint density at radius 3 is 2.80 bits per heavy atom. The van der Waals surface area contributed by atoms with Gasteiger partial charge in [-0.25, -0.2) is 9.18 Å². The number of rotatable bonds is 4. The second-order valence-corrected chi connectivity index (χ2v) is 6.45. The van der Waals surface area contributed by atoms with Crippen molar-refractivity contribution in [2.45, 2.75) is 18.9 Å². The Bertz CT molecular complexity index is 805. The zero-order valence-electron chi connectivity index (χ0n) is 13.1. The van der Waals surface area contributed by atoms with Crippen LogP contribution in [0.5, 0.6) is 5.75 Å². The molecule has 130 valence electrons. The first-order valence-electron chi connectivity index (χ1n) is 7.73. The van der Waals surface area contributed by atoms with Gasteiger partial charge in [0.2, 0.25) is 0 Å². The summed E-state index contributed by atoms with van der Waals surface area (Å²) in [5.41, 5.74) is 0.652. The molecule has 0 radical (unpaired) electrons. The van der Waals surface area contributed by atoms with Gasteiger partial charge < -0.3 is 14.8 Å². The van der Waals surface area contributed by atoms with Gasteiger partial charge in [0.25, 0.3) is 5.91 Å². The Balaban J connectivity index is 1.69. The molecule has 2 aromatic rings. The zero-order chi connectivity index (χ0) is 17.8. The van der Waals surface area contributed by atoms with E-state index in [-0.39, 0.29) is 17.2 Å². The molecule has 0 aliphatic carbocycles. The van der Waals surface area contributed by atoms with Crippen LogP contribution in [0.2, 0.25) is 0 Å². The smallest absolute Gasteiger partial charge is 0.343 e. The van der Waals surface area contributed by atoms with Crippen LogP contribution in [0.15, 0.2) is 46.9 Å². The van der Waals surface area contributed by atoms with Gasteiger partial charge in [0.05, 0.1) is 5.56 Å². The maximum absolute atomic E-state index is 13.8. The highest BCUT2D eigenvalue weighted by molar-refractivity contribution is 9.10. The number of nitrogens with one attached hydrogen (secondary N) is 1. The van der Waals surface area contributed by atoms with Gasteiger partial charge in [-0.2, -0.15) is 0 Å². The van der Waals surface area contributed by atoms with Crippen molar-refractivity contribution in [1.82, 2.24) is 0 Å². The molecular formula is C18H15BrFNO4. The SMILES string of the molecule is O=C(Oc1ccc(Br)cc1F)c1cccc(NC(=O)C2CCCO2)c1. The molecular weight excluding hydrogens is 393 g/mol. The van der Waals surface area contributed by atoms with Gasteiger partial charge in [-0.1, -0.05) is 22.0 Å². The molecule has 1 N–H and O–H groups in total. The van der Waals surface area contributed by atoms with E-state index in [4.69, 9.17) is 9.47 Å². The second kappa shape index (κ2) is 7.76. The van der Waals surface area contributed by atoms with Gasteiger partial charge in [-0.15, -0.1) is 0 Å². The minimum absolute atomic E-state index is 0.165. The van der Waals surface area contributed by atoms with Crippen LogP contribution < -0.4 is 10.1 Å². The molecule has 0 aromatic heterocycles. The summed E-state index contributed by atoms with van der Waals surface area (Å²) >= 11 is 3.14. The van der Waals surface area contributed by atoms with Gasteiger partial charge in [0, 0.05) is 16.8 Å². The third-order valence-corrected chi connectivity index (χ3v) is 4.18. The summed E-state index contributed by atoms with van der Waals surface area (Å²) in [6, 6.07) is 10.4. The predicted octanol–water partition coefficient (Wildman–Crippen LogP) is 3.92. The lowest BCUT2D eigenvalue weighted by atomic mass is 10.2. The molecule has 0 saturated carbocycles. The predicted molar refractivity (Wildman–Crippen MR) is 93.1 cm³/mol. The molecule has 1 aliphatic rings. The van der Waals surface area contributed by atoms with Crippen molar-refractivity contribution in [1.29, 1.82) is 0 Å². The molecule has 1 saturated heterocycles. The van der Waals surface area contributed by atoms with E-state index in [1.807, 2.05) is 0 Å². The number of anilines is 1. The summed E-state index contributed by atoms with van der Waals surface area (Å²) in [7, 11) is 0. The standard InChI is InChI=1S/C18H15BrFNO4/c19-12-6-7-15(14(20)10-12)25-18(23)11-3-1-4-13(9-11)21-17(22)16-5-2-8-24-16/h1,3-4,6-7,9-10,16H,2,5,8H2,(H,21,22). The van der Waals surface area contributed by atoms with Crippen LogP contribution in [-0.4, -0.2) is 24.6 Å². The lowest BCUT2D eigenvalue weighted by molar-refractivity contribution is -0.124. The molecule has 0 bridgehead atoms. The van der Waals surface area contributed by atoms with Crippen LogP contribution in [-0.2, 0) is 9.53 Å². The average molecular weight is 408 g/mol. The Morgan fingerprint density at radius 2 is 2.08 bits per heavy atom. The fraction of sp³-hybridized carbons (Fsp3) is 0.222. The molecule has 1 fully saturated rings. The highest BCUT2D eigenvalue weighted by atomic mass is 79.9. The van der Waals surface area contributed by atoms with Crippen molar-refractivity contribution in [3.8, 4) is 5.75 Å². The highest BCUT2D eigenvalue weighted by Crippen LogP contribution is 2.23. The van der Waals surface area contributed by atoms with Gasteiger partial charge in [0.1, 0.15) is 6.10 Å². The molecule has 0 spiro atoms. The molecule has 25 heavy (non-hydrogen) atoms. The van der Waals surface area contributed by atoms with Crippen LogP contribution in [0.25, 0.3) is 0 Å². The van der Waals surface area contributed by atoms with Crippen LogP contribution in [0.3, 0.4) is 0 Å². The number of carbonyl (C=O) groups is 2. The maximum Gasteiger partial charge on any atom is 0.343 e. The van der Waals surface area contributed by atoms with Gasteiger partial charge in [-0.3, -0.25) is 4.79 Å². The van der Waals surface area contributed by atoms with Crippen molar-refractivity contribution in [3.63, 3.8) is 0 Å². The maximum atomic E-state index is 13.8. The quantitative estimate of drug-likeness (QED) is 0.615. The fourth-order valence-electron chi connectivity index (χ4n) is 2.45. The Kier molecular flexibility index (Phi) is 5.45. The van der Waals surface area contributed by atoms with Crippen molar-refractivity contribution in [3.05, 3.63) is 58.3 Å². The average Bonchev–Trinajstić information content (AvgIpc) is 3.12. The summed E-state index contributed by atoms with van der Waals surface area (Å²) in [6.07, 6.45) is 1.06. The number of esters is 1. The Morgan fingerprint density at radius 1 is 1.24 bits per heavy atom. The van der Waals surface area contributed by atoms with Gasteiger partial charge in [-0.05, 0) is 49.2 Å². The molecule has 3 rings (SSSR count). The first-order chi connectivity index (χ1) is 12.0. The van der Waals surface area contributed by atoms with Crippen molar-refractivity contribution >= 4 is 33.5 Å². The number of carbonyl (C=O) groups excluding carboxylic acids is 2. The number of benzene rings is 2. The first-order valence-corrected chi connectivity index (χ1v) is 8.52.